The minimum Gasteiger partial charge on any atom is -0.478 e. The van der Waals surface area contributed by atoms with Gasteiger partial charge in [-0.3, -0.25) is 0 Å². The largest absolute Gasteiger partial charge is 0.478 e. The van der Waals surface area contributed by atoms with Crippen LogP contribution in [0, 0.1) is 0 Å². The monoisotopic (exact) mass is 198 g/mol. The molecule has 0 fully saturated rings. The number of hydrogen-bond acceptors (Lipinski definition) is 3. The summed E-state index contributed by atoms with van der Waals surface area (Å²) in [6.45, 7) is 6.53. The zero-order valence-corrected chi connectivity index (χ0v) is 8.37. The van der Waals surface area contributed by atoms with Crippen molar-refractivity contribution < 1.29 is 19.4 Å². The van der Waals surface area contributed by atoms with Crippen molar-refractivity contribution in [3.63, 3.8) is 0 Å². The molecule has 0 spiro atoms. The Balaban J connectivity index is 4.71. The number of carbonyl (C=O) groups is 2. The van der Waals surface area contributed by atoms with Gasteiger partial charge in [0.25, 0.3) is 0 Å². The summed E-state index contributed by atoms with van der Waals surface area (Å²) in [5.74, 6) is -1.57. The van der Waals surface area contributed by atoms with Gasteiger partial charge in [-0.15, -0.1) is 0 Å². The summed E-state index contributed by atoms with van der Waals surface area (Å²) in [5.41, 5.74) is 0.128. The lowest BCUT2D eigenvalue weighted by atomic mass is 10.1. The van der Waals surface area contributed by atoms with Gasteiger partial charge >= 0.3 is 11.9 Å². The lowest BCUT2D eigenvalue weighted by molar-refractivity contribution is -0.135. The highest BCUT2D eigenvalue weighted by atomic mass is 16.5. The summed E-state index contributed by atoms with van der Waals surface area (Å²) in [4.78, 5) is 21.5. The minimum atomic E-state index is -1.05. The third kappa shape index (κ3) is 3.89. The van der Waals surface area contributed by atoms with Gasteiger partial charge in [0.15, 0.2) is 0 Å². The molecule has 0 aliphatic heterocycles. The molecule has 0 rings (SSSR count). The molecule has 0 saturated heterocycles. The van der Waals surface area contributed by atoms with E-state index in [1.807, 2.05) is 6.92 Å². The fraction of sp³-hybridized carbons (Fsp3) is 0.400. The average Bonchev–Trinajstić information content (AvgIpc) is 2.13. The van der Waals surface area contributed by atoms with Gasteiger partial charge in [0.2, 0.25) is 0 Å². The topological polar surface area (TPSA) is 63.6 Å². The summed E-state index contributed by atoms with van der Waals surface area (Å²) in [7, 11) is 0. The molecule has 0 bridgehead atoms. The molecule has 0 heterocycles. The Morgan fingerprint density at radius 1 is 1.50 bits per heavy atom. The number of carbonyl (C=O) groups excluding carboxylic acids is 1. The SMILES string of the molecule is C=CC(=O)OC(C)=C(CCC)C(=O)O. The molecule has 0 radical (unpaired) electrons. The molecule has 0 aromatic heterocycles. The van der Waals surface area contributed by atoms with E-state index in [0.29, 0.717) is 12.8 Å². The highest BCUT2D eigenvalue weighted by Crippen LogP contribution is 2.12. The van der Waals surface area contributed by atoms with Crippen LogP contribution in [0.1, 0.15) is 26.7 Å². The molecule has 14 heavy (non-hydrogen) atoms. The Kier molecular flexibility index (Phi) is 5.29. The summed E-state index contributed by atoms with van der Waals surface area (Å²) in [5, 5.41) is 8.79. The van der Waals surface area contributed by atoms with Crippen molar-refractivity contribution in [3.8, 4) is 0 Å². The van der Waals surface area contributed by atoms with Gasteiger partial charge in [0, 0.05) is 6.08 Å². The number of rotatable bonds is 5. The Morgan fingerprint density at radius 3 is 2.43 bits per heavy atom. The van der Waals surface area contributed by atoms with E-state index in [1.165, 1.54) is 6.92 Å². The molecular formula is C10H14O4. The number of carboxylic acids is 1. The smallest absolute Gasteiger partial charge is 0.335 e. The van der Waals surface area contributed by atoms with Crippen LogP contribution in [0.2, 0.25) is 0 Å². The molecule has 0 saturated carbocycles. The number of aliphatic carboxylic acids is 1. The summed E-state index contributed by atoms with van der Waals surface area (Å²) >= 11 is 0. The quantitative estimate of drug-likeness (QED) is 0.416. The van der Waals surface area contributed by atoms with Crippen molar-refractivity contribution in [1.82, 2.24) is 0 Å². The second-order valence-corrected chi connectivity index (χ2v) is 2.72. The molecule has 0 aromatic carbocycles. The van der Waals surface area contributed by atoms with Crippen LogP contribution in [-0.2, 0) is 14.3 Å². The maximum absolute atomic E-state index is 10.8. The van der Waals surface area contributed by atoms with E-state index < -0.39 is 11.9 Å². The van der Waals surface area contributed by atoms with Crippen LogP contribution in [0.3, 0.4) is 0 Å². The zero-order chi connectivity index (χ0) is 11.1. The predicted molar refractivity (Wildman–Crippen MR) is 51.5 cm³/mol. The molecule has 0 amide bonds. The fourth-order valence-corrected chi connectivity index (χ4v) is 0.938. The second-order valence-electron chi connectivity index (χ2n) is 2.72. The number of hydrogen-bond donors (Lipinski definition) is 1. The first-order valence-corrected chi connectivity index (χ1v) is 4.30. The van der Waals surface area contributed by atoms with E-state index in [0.717, 1.165) is 6.08 Å². The van der Waals surface area contributed by atoms with Crippen LogP contribution in [-0.4, -0.2) is 17.0 Å². The number of esters is 1. The Hall–Kier alpha value is -1.58. The zero-order valence-electron chi connectivity index (χ0n) is 8.37. The van der Waals surface area contributed by atoms with Crippen molar-refractivity contribution in [2.75, 3.05) is 0 Å². The first-order valence-electron chi connectivity index (χ1n) is 4.30. The summed E-state index contributed by atoms with van der Waals surface area (Å²) in [6, 6.07) is 0. The molecule has 0 atom stereocenters. The van der Waals surface area contributed by atoms with Crippen LogP contribution in [0.25, 0.3) is 0 Å². The van der Waals surface area contributed by atoms with Crippen LogP contribution >= 0.6 is 0 Å². The Morgan fingerprint density at radius 2 is 2.07 bits per heavy atom. The lowest BCUT2D eigenvalue weighted by Crippen LogP contribution is -2.08. The molecular weight excluding hydrogens is 184 g/mol. The highest BCUT2D eigenvalue weighted by molar-refractivity contribution is 5.88. The van der Waals surface area contributed by atoms with E-state index >= 15 is 0 Å². The number of allylic oxidation sites excluding steroid dienone is 1. The van der Waals surface area contributed by atoms with E-state index in [9.17, 15) is 9.59 Å². The van der Waals surface area contributed by atoms with Gasteiger partial charge in [-0.2, -0.15) is 0 Å². The maximum Gasteiger partial charge on any atom is 0.335 e. The first kappa shape index (κ1) is 12.4. The Bertz CT molecular complexity index is 276. The molecule has 0 aliphatic carbocycles. The molecule has 78 valence electrons. The van der Waals surface area contributed by atoms with Crippen molar-refractivity contribution >= 4 is 11.9 Å². The van der Waals surface area contributed by atoms with Crippen molar-refractivity contribution in [2.24, 2.45) is 0 Å². The standard InChI is InChI=1S/C10H14O4/c1-4-6-8(10(12)13)7(3)14-9(11)5-2/h5H,2,4,6H2,1,3H3,(H,12,13). The molecule has 1 N–H and O–H groups in total. The normalized spacial score (nSPS) is 11.6. The van der Waals surface area contributed by atoms with Crippen LogP contribution < -0.4 is 0 Å². The van der Waals surface area contributed by atoms with Crippen molar-refractivity contribution in [1.29, 1.82) is 0 Å². The lowest BCUT2D eigenvalue weighted by Gasteiger charge is -2.06. The van der Waals surface area contributed by atoms with Crippen molar-refractivity contribution in [2.45, 2.75) is 26.7 Å². The third-order valence-corrected chi connectivity index (χ3v) is 1.60. The van der Waals surface area contributed by atoms with Gasteiger partial charge in [0.1, 0.15) is 5.76 Å². The van der Waals surface area contributed by atoms with E-state index in [4.69, 9.17) is 9.84 Å². The molecule has 0 unspecified atom stereocenters. The van der Waals surface area contributed by atoms with Gasteiger partial charge < -0.3 is 9.84 Å². The van der Waals surface area contributed by atoms with Crippen LogP contribution in [0.15, 0.2) is 24.0 Å². The first-order chi connectivity index (χ1) is 6.52. The predicted octanol–water partition coefficient (Wildman–Crippen LogP) is 1.87. The van der Waals surface area contributed by atoms with Crippen LogP contribution in [0.5, 0.6) is 0 Å². The third-order valence-electron chi connectivity index (χ3n) is 1.60. The van der Waals surface area contributed by atoms with E-state index in [1.54, 1.807) is 0 Å². The van der Waals surface area contributed by atoms with Gasteiger partial charge in [-0.25, -0.2) is 9.59 Å². The molecule has 4 nitrogen and oxygen atoms in total. The molecule has 4 heteroatoms. The Labute approximate surface area is 82.9 Å². The number of carboxylic acid groups (broad SMARTS) is 1. The van der Waals surface area contributed by atoms with Crippen molar-refractivity contribution in [3.05, 3.63) is 24.0 Å². The second kappa shape index (κ2) is 5.96. The molecule has 0 aliphatic rings. The summed E-state index contributed by atoms with van der Waals surface area (Å²) < 4.78 is 4.72. The summed E-state index contributed by atoms with van der Waals surface area (Å²) in [6.07, 6.45) is 2.06. The molecule has 0 aromatic rings. The minimum absolute atomic E-state index is 0.128. The fourth-order valence-electron chi connectivity index (χ4n) is 0.938. The van der Waals surface area contributed by atoms with Gasteiger partial charge in [-0.05, 0) is 13.3 Å². The average molecular weight is 198 g/mol. The van der Waals surface area contributed by atoms with Gasteiger partial charge in [0.05, 0.1) is 5.57 Å². The van der Waals surface area contributed by atoms with Crippen LogP contribution in [0.4, 0.5) is 0 Å². The van der Waals surface area contributed by atoms with E-state index in [-0.39, 0.29) is 11.3 Å². The number of ether oxygens (including phenoxy) is 1. The van der Waals surface area contributed by atoms with Gasteiger partial charge in [-0.1, -0.05) is 19.9 Å². The van der Waals surface area contributed by atoms with E-state index in [2.05, 4.69) is 6.58 Å². The highest BCUT2D eigenvalue weighted by Gasteiger charge is 2.12. The maximum atomic E-state index is 10.8.